The van der Waals surface area contributed by atoms with Crippen molar-refractivity contribution in [3.8, 4) is 17.1 Å². The summed E-state index contributed by atoms with van der Waals surface area (Å²) in [6, 6.07) is 8.98. The number of aliphatic hydroxyl groups excluding tert-OH is 1. The lowest BCUT2D eigenvalue weighted by atomic mass is 9.83. The Morgan fingerprint density at radius 1 is 1.17 bits per heavy atom. The van der Waals surface area contributed by atoms with Crippen LogP contribution in [0, 0.1) is 0 Å². The molecule has 0 bridgehead atoms. The maximum Gasteiger partial charge on any atom is 0.410 e. The smallest absolute Gasteiger partial charge is 0.410 e. The lowest BCUT2D eigenvalue weighted by Crippen LogP contribution is -2.55. The molecule has 41 heavy (non-hydrogen) atoms. The molecule has 214 valence electrons. The third-order valence-corrected chi connectivity index (χ3v) is 6.90. The molecule has 1 amide bonds. The highest BCUT2D eigenvalue weighted by atomic mass is 16.6. The molecule has 1 saturated heterocycles. The number of hydrogen-bond acceptors (Lipinski definition) is 9. The van der Waals surface area contributed by atoms with Crippen molar-refractivity contribution in [1.82, 2.24) is 34.4 Å². The molecule has 1 aliphatic rings. The number of likely N-dealkylation sites (tertiary alicyclic amines) is 1. The Labute approximate surface area is 236 Å². The van der Waals surface area contributed by atoms with Crippen molar-refractivity contribution in [2.75, 3.05) is 13.1 Å². The molecule has 0 saturated carbocycles. The molecule has 1 fully saturated rings. The maximum atomic E-state index is 12.5. The fourth-order valence-electron chi connectivity index (χ4n) is 4.71. The summed E-state index contributed by atoms with van der Waals surface area (Å²) in [6.45, 7) is 5.45. The molecule has 5 rings (SSSR count). The van der Waals surface area contributed by atoms with Crippen LogP contribution in [0.4, 0.5) is 4.79 Å². The van der Waals surface area contributed by atoms with Gasteiger partial charge in [-0.25, -0.2) is 19.4 Å². The number of rotatable bonds is 5. The van der Waals surface area contributed by atoms with E-state index >= 15 is 0 Å². The van der Waals surface area contributed by atoms with Crippen LogP contribution in [0.25, 0.3) is 17.1 Å². The predicted molar refractivity (Wildman–Crippen MR) is 149 cm³/mol. The maximum absolute atomic E-state index is 12.5. The van der Waals surface area contributed by atoms with Crippen LogP contribution in [0.2, 0.25) is 0 Å². The van der Waals surface area contributed by atoms with Gasteiger partial charge in [0.2, 0.25) is 5.43 Å². The van der Waals surface area contributed by atoms with Crippen LogP contribution in [0.5, 0.6) is 0 Å². The van der Waals surface area contributed by atoms with Crippen molar-refractivity contribution in [2.45, 2.75) is 50.9 Å². The van der Waals surface area contributed by atoms with Crippen LogP contribution >= 0.6 is 0 Å². The Kier molecular flexibility index (Phi) is 7.45. The van der Waals surface area contributed by atoms with E-state index in [0.717, 1.165) is 16.8 Å². The molecule has 0 aliphatic carbocycles. The number of amides is 1. The second kappa shape index (κ2) is 10.9. The van der Waals surface area contributed by atoms with Crippen molar-refractivity contribution in [3.05, 3.63) is 88.4 Å². The Morgan fingerprint density at radius 2 is 1.93 bits per heavy atom. The van der Waals surface area contributed by atoms with Crippen LogP contribution in [0.15, 0.2) is 66.1 Å². The van der Waals surface area contributed by atoms with E-state index in [1.54, 1.807) is 42.5 Å². The number of aromatic nitrogens is 6. The van der Waals surface area contributed by atoms with Crippen molar-refractivity contribution in [3.63, 3.8) is 0 Å². The number of benzene rings is 1. The minimum Gasteiger partial charge on any atom is -0.444 e. The van der Waals surface area contributed by atoms with Gasteiger partial charge in [-0.15, -0.1) is 0 Å². The first kappa shape index (κ1) is 28.1. The van der Waals surface area contributed by atoms with Crippen molar-refractivity contribution in [2.24, 2.45) is 7.05 Å². The zero-order chi connectivity index (χ0) is 29.4. The van der Waals surface area contributed by atoms with Gasteiger partial charge >= 0.3 is 6.09 Å². The molecule has 2 N–H and O–H groups in total. The number of carbonyl (C=O) groups is 1. The van der Waals surface area contributed by atoms with Crippen molar-refractivity contribution < 1.29 is 19.7 Å². The highest BCUT2D eigenvalue weighted by Crippen LogP contribution is 2.33. The van der Waals surface area contributed by atoms with Crippen LogP contribution in [0.1, 0.15) is 44.0 Å². The molecule has 12 heteroatoms. The third kappa shape index (κ3) is 6.18. The largest absolute Gasteiger partial charge is 0.444 e. The monoisotopic (exact) mass is 559 g/mol. The number of aryl methyl sites for hydroxylation is 1. The molecular weight excluding hydrogens is 526 g/mol. The summed E-state index contributed by atoms with van der Waals surface area (Å²) in [4.78, 5) is 35.2. The van der Waals surface area contributed by atoms with Crippen molar-refractivity contribution >= 4 is 6.09 Å². The summed E-state index contributed by atoms with van der Waals surface area (Å²) in [7, 11) is 1.81. The van der Waals surface area contributed by atoms with Crippen molar-refractivity contribution in [1.29, 1.82) is 0 Å². The molecule has 4 heterocycles. The van der Waals surface area contributed by atoms with E-state index in [0.29, 0.717) is 23.5 Å². The summed E-state index contributed by atoms with van der Waals surface area (Å²) in [6.07, 6.45) is 6.71. The molecule has 2 atom stereocenters. The first-order valence-electron chi connectivity index (χ1n) is 13.3. The molecule has 0 unspecified atom stereocenters. The zero-order valence-electron chi connectivity index (χ0n) is 23.4. The lowest BCUT2D eigenvalue weighted by molar-refractivity contribution is -0.123. The molecule has 4 aromatic rings. The first-order valence-corrected chi connectivity index (χ1v) is 13.3. The van der Waals surface area contributed by atoms with E-state index in [1.165, 1.54) is 23.4 Å². The van der Waals surface area contributed by atoms with Gasteiger partial charge in [-0.1, -0.05) is 18.2 Å². The van der Waals surface area contributed by atoms with Gasteiger partial charge in [0.25, 0.3) is 0 Å². The zero-order valence-corrected chi connectivity index (χ0v) is 23.4. The van der Waals surface area contributed by atoms with Crippen LogP contribution < -0.4 is 5.43 Å². The van der Waals surface area contributed by atoms with E-state index in [-0.39, 0.29) is 24.9 Å². The summed E-state index contributed by atoms with van der Waals surface area (Å²) in [5, 5.41) is 30.7. The summed E-state index contributed by atoms with van der Waals surface area (Å²) >= 11 is 0. The van der Waals surface area contributed by atoms with Gasteiger partial charge < -0.3 is 19.8 Å². The molecule has 0 radical (unpaired) electrons. The normalized spacial score (nSPS) is 19.3. The summed E-state index contributed by atoms with van der Waals surface area (Å²) in [5.74, 6) is 0.425. The Bertz CT molecular complexity index is 1610. The second-order valence-corrected chi connectivity index (χ2v) is 11.2. The van der Waals surface area contributed by atoms with Gasteiger partial charge in [0.05, 0.1) is 18.9 Å². The first-order chi connectivity index (χ1) is 19.4. The fraction of sp³-hybridized carbons (Fsp3) is 0.379. The highest BCUT2D eigenvalue weighted by Gasteiger charge is 2.44. The number of aliphatic hydroxyl groups is 2. The summed E-state index contributed by atoms with van der Waals surface area (Å²) in [5.41, 5.74) is 0.646. The number of β-amino-alcohol motifs (C(OH)–C–C–N with tert-alkyl or cyclic N) is 1. The van der Waals surface area contributed by atoms with E-state index in [4.69, 9.17) is 4.74 Å². The second-order valence-electron chi connectivity index (χ2n) is 11.2. The molecule has 3 aromatic heterocycles. The standard InChI is InChI=1S/C29H33N7O5/c1-28(2,3)41-27(39)35-11-9-29(40,25(38)18-35)21-14-30-26(31-15-21)20-7-5-6-19(12-20)13-23-24(37)8-10-36(33-23)22-16-32-34(4)17-22/h5-8,10,12,14-17,25,38,40H,9,11,13,18H2,1-4H3/t25-,29-/m0/s1. The number of carbonyl (C=O) groups excluding carboxylic acids is 1. The number of piperidine rings is 1. The van der Waals surface area contributed by atoms with Crippen LogP contribution in [-0.4, -0.2) is 75.5 Å². The van der Waals surface area contributed by atoms with Gasteiger partial charge in [-0.05, 0) is 32.4 Å². The molecule has 1 aliphatic heterocycles. The summed E-state index contributed by atoms with van der Waals surface area (Å²) < 4.78 is 8.67. The minimum atomic E-state index is -1.61. The number of ether oxygens (including phenoxy) is 1. The van der Waals surface area contributed by atoms with E-state index in [9.17, 15) is 19.8 Å². The average Bonchev–Trinajstić information content (AvgIpc) is 3.37. The topological polar surface area (TPSA) is 148 Å². The Hall–Kier alpha value is -4.42. The minimum absolute atomic E-state index is 0.0782. The third-order valence-electron chi connectivity index (χ3n) is 6.90. The molecule has 12 nitrogen and oxygen atoms in total. The lowest BCUT2D eigenvalue weighted by Gasteiger charge is -2.42. The Morgan fingerprint density at radius 3 is 2.59 bits per heavy atom. The Balaban J connectivity index is 1.30. The SMILES string of the molecule is Cn1cc(-n2ccc(=O)c(Cc3cccc(-c4ncc([C@@]5(O)CCN(C(=O)OC(C)(C)C)C[C@@H]5O)cn4)c3)n2)cn1. The predicted octanol–water partition coefficient (Wildman–Crippen LogP) is 2.20. The molecular formula is C29H33N7O5. The number of hydrogen-bond donors (Lipinski definition) is 2. The van der Waals surface area contributed by atoms with Gasteiger partial charge in [-0.2, -0.15) is 10.2 Å². The van der Waals surface area contributed by atoms with Crippen LogP contribution in [-0.2, 0) is 23.8 Å². The van der Waals surface area contributed by atoms with Crippen LogP contribution in [0.3, 0.4) is 0 Å². The van der Waals surface area contributed by atoms with Gasteiger partial charge in [0.1, 0.15) is 28.7 Å². The molecule has 0 spiro atoms. The van der Waals surface area contributed by atoms with E-state index in [1.807, 2.05) is 37.5 Å². The average molecular weight is 560 g/mol. The van der Waals surface area contributed by atoms with Gasteiger partial charge in [-0.3, -0.25) is 9.48 Å². The fourth-order valence-corrected chi connectivity index (χ4v) is 4.71. The number of nitrogens with zero attached hydrogens (tertiary/aromatic N) is 7. The van der Waals surface area contributed by atoms with Gasteiger partial charge in [0.15, 0.2) is 5.82 Å². The molecule has 1 aromatic carbocycles. The van der Waals surface area contributed by atoms with E-state index in [2.05, 4.69) is 20.2 Å². The highest BCUT2D eigenvalue weighted by molar-refractivity contribution is 5.68. The van der Waals surface area contributed by atoms with Gasteiger partial charge in [0, 0.05) is 62.2 Å². The van der Waals surface area contributed by atoms with E-state index < -0.39 is 23.4 Å². The quantitative estimate of drug-likeness (QED) is 0.375.